The van der Waals surface area contributed by atoms with Gasteiger partial charge >= 0.3 is 0 Å². The van der Waals surface area contributed by atoms with E-state index in [1.54, 1.807) is 6.92 Å². The van der Waals surface area contributed by atoms with E-state index < -0.39 is 0 Å². The zero-order valence-corrected chi connectivity index (χ0v) is 14.4. The SMILES string of the molecule is CCCC(C)=O.CN1CCCCC1.CN1CCPC1. The molecule has 0 aromatic carbocycles. The number of carbonyl (C=O) groups excluding carboxylic acids is 1. The molecule has 2 rings (SSSR count). The van der Waals surface area contributed by atoms with Crippen molar-refractivity contribution in [2.24, 2.45) is 0 Å². The van der Waals surface area contributed by atoms with Crippen molar-refractivity contribution in [2.45, 2.75) is 46.0 Å². The molecule has 2 saturated heterocycles. The average molecular weight is 288 g/mol. The van der Waals surface area contributed by atoms with Gasteiger partial charge in [-0.2, -0.15) is 0 Å². The number of hydrogen-bond acceptors (Lipinski definition) is 3. The van der Waals surface area contributed by atoms with Gasteiger partial charge in [-0.05, 0) is 59.5 Å². The number of piperidine rings is 1. The van der Waals surface area contributed by atoms with Crippen LogP contribution in [0.15, 0.2) is 0 Å². The van der Waals surface area contributed by atoms with Gasteiger partial charge in [0.15, 0.2) is 0 Å². The molecule has 19 heavy (non-hydrogen) atoms. The van der Waals surface area contributed by atoms with Gasteiger partial charge in [0.2, 0.25) is 0 Å². The fourth-order valence-corrected chi connectivity index (χ4v) is 3.26. The molecule has 0 amide bonds. The molecule has 0 aliphatic carbocycles. The largest absolute Gasteiger partial charge is 0.306 e. The standard InChI is InChI=1S/C6H13N.C5H10O.C4H10NP/c1-7-5-3-2-4-6-7;1-3-4-5(2)6;1-5-2-3-6-4-5/h2-6H2,1H3;3-4H2,1-2H3;6H,2-4H2,1H3. The van der Waals surface area contributed by atoms with Crippen LogP contribution in [0.1, 0.15) is 46.0 Å². The van der Waals surface area contributed by atoms with Crippen molar-refractivity contribution in [3.63, 3.8) is 0 Å². The second-order valence-electron chi connectivity index (χ2n) is 5.55. The van der Waals surface area contributed by atoms with Crippen LogP contribution in [0.4, 0.5) is 0 Å². The van der Waals surface area contributed by atoms with E-state index in [-0.39, 0.29) is 5.78 Å². The van der Waals surface area contributed by atoms with Gasteiger partial charge in [-0.15, -0.1) is 8.58 Å². The summed E-state index contributed by atoms with van der Waals surface area (Å²) >= 11 is 0. The molecule has 0 spiro atoms. The van der Waals surface area contributed by atoms with Gasteiger partial charge in [0.25, 0.3) is 0 Å². The molecule has 0 bridgehead atoms. The second kappa shape index (κ2) is 13.0. The molecule has 0 aromatic rings. The second-order valence-corrected chi connectivity index (χ2v) is 6.87. The van der Waals surface area contributed by atoms with Crippen LogP contribution in [0.2, 0.25) is 0 Å². The van der Waals surface area contributed by atoms with Gasteiger partial charge in [0.1, 0.15) is 5.78 Å². The Morgan fingerprint density at radius 3 is 1.84 bits per heavy atom. The van der Waals surface area contributed by atoms with Crippen molar-refractivity contribution >= 4 is 14.4 Å². The lowest BCUT2D eigenvalue weighted by atomic mass is 10.1. The maximum absolute atomic E-state index is 10.0. The van der Waals surface area contributed by atoms with E-state index in [1.165, 1.54) is 59.9 Å². The summed E-state index contributed by atoms with van der Waals surface area (Å²) in [7, 11) is 5.59. The fraction of sp³-hybridized carbons (Fsp3) is 0.933. The van der Waals surface area contributed by atoms with Gasteiger partial charge in [0, 0.05) is 19.3 Å². The summed E-state index contributed by atoms with van der Waals surface area (Å²) in [5, 5.41) is 0. The number of nitrogens with zero attached hydrogens (tertiary/aromatic N) is 2. The smallest absolute Gasteiger partial charge is 0.129 e. The van der Waals surface area contributed by atoms with Crippen molar-refractivity contribution in [1.29, 1.82) is 0 Å². The molecule has 2 fully saturated rings. The molecule has 0 saturated carbocycles. The molecule has 4 heteroatoms. The predicted molar refractivity (Wildman–Crippen MR) is 87.6 cm³/mol. The Morgan fingerprint density at radius 2 is 1.68 bits per heavy atom. The first-order chi connectivity index (χ1) is 9.06. The van der Waals surface area contributed by atoms with Crippen LogP contribution in [-0.2, 0) is 4.79 Å². The Hall–Kier alpha value is 0.0200. The molecule has 114 valence electrons. The van der Waals surface area contributed by atoms with Crippen molar-refractivity contribution in [2.75, 3.05) is 46.2 Å². The first-order valence-corrected chi connectivity index (χ1v) is 9.05. The fourth-order valence-electron chi connectivity index (χ4n) is 2.02. The summed E-state index contributed by atoms with van der Waals surface area (Å²) in [5.41, 5.74) is 0. The number of hydrogen-bond donors (Lipinski definition) is 0. The van der Waals surface area contributed by atoms with Crippen LogP contribution in [0.3, 0.4) is 0 Å². The highest BCUT2D eigenvalue weighted by atomic mass is 31.1. The number of carbonyl (C=O) groups is 1. The minimum Gasteiger partial charge on any atom is -0.306 e. The molecule has 2 aliphatic heterocycles. The first-order valence-electron chi connectivity index (χ1n) is 7.63. The summed E-state index contributed by atoms with van der Waals surface area (Å²) in [5.74, 6) is 0.289. The minimum atomic E-state index is 0.289. The van der Waals surface area contributed by atoms with E-state index in [1.807, 2.05) is 6.92 Å². The van der Waals surface area contributed by atoms with E-state index in [0.717, 1.165) is 12.8 Å². The van der Waals surface area contributed by atoms with Crippen molar-refractivity contribution in [3.05, 3.63) is 0 Å². The summed E-state index contributed by atoms with van der Waals surface area (Å²) in [6.45, 7) is 7.59. The quantitative estimate of drug-likeness (QED) is 0.730. The van der Waals surface area contributed by atoms with Crippen LogP contribution in [0.25, 0.3) is 0 Å². The Bertz CT molecular complexity index is 212. The van der Waals surface area contributed by atoms with Crippen LogP contribution >= 0.6 is 8.58 Å². The molecule has 2 aliphatic rings. The maximum atomic E-state index is 10.0. The number of likely N-dealkylation sites (tertiary alicyclic amines) is 1. The van der Waals surface area contributed by atoms with E-state index in [0.29, 0.717) is 0 Å². The lowest BCUT2D eigenvalue weighted by Gasteiger charge is -2.20. The van der Waals surface area contributed by atoms with E-state index in [4.69, 9.17) is 0 Å². The van der Waals surface area contributed by atoms with Crippen LogP contribution in [0, 0.1) is 0 Å². The van der Waals surface area contributed by atoms with E-state index >= 15 is 0 Å². The summed E-state index contributed by atoms with van der Waals surface area (Å²) in [6, 6.07) is 0. The summed E-state index contributed by atoms with van der Waals surface area (Å²) in [6.07, 6.45) is 8.78. The molecule has 0 radical (unpaired) electrons. The lowest BCUT2D eigenvalue weighted by molar-refractivity contribution is -0.117. The van der Waals surface area contributed by atoms with Crippen molar-refractivity contribution < 1.29 is 4.79 Å². The number of rotatable bonds is 2. The Balaban J connectivity index is 0.000000257. The molecular formula is C15H33N2OP. The third-order valence-corrected chi connectivity index (χ3v) is 4.57. The van der Waals surface area contributed by atoms with Gasteiger partial charge in [-0.3, -0.25) is 0 Å². The maximum Gasteiger partial charge on any atom is 0.129 e. The minimum absolute atomic E-state index is 0.289. The number of ketones is 1. The highest BCUT2D eigenvalue weighted by molar-refractivity contribution is 7.38. The topological polar surface area (TPSA) is 23.6 Å². The average Bonchev–Trinajstić information content (AvgIpc) is 2.83. The van der Waals surface area contributed by atoms with Gasteiger partial charge < -0.3 is 14.6 Å². The van der Waals surface area contributed by atoms with Gasteiger partial charge in [0.05, 0.1) is 0 Å². The van der Waals surface area contributed by atoms with Crippen LogP contribution < -0.4 is 0 Å². The number of Topliss-reactive ketones (excluding diaryl/α,β-unsaturated/α-hetero) is 1. The third kappa shape index (κ3) is 14.2. The first kappa shape index (κ1) is 19.0. The Kier molecular flexibility index (Phi) is 13.0. The highest BCUT2D eigenvalue weighted by Gasteiger charge is 2.03. The molecule has 2 heterocycles. The zero-order valence-electron chi connectivity index (χ0n) is 13.4. The Morgan fingerprint density at radius 1 is 1.05 bits per heavy atom. The van der Waals surface area contributed by atoms with Gasteiger partial charge in [-0.25, -0.2) is 0 Å². The van der Waals surface area contributed by atoms with Crippen LogP contribution in [0.5, 0.6) is 0 Å². The van der Waals surface area contributed by atoms with Crippen LogP contribution in [-0.4, -0.2) is 61.8 Å². The van der Waals surface area contributed by atoms with Crippen molar-refractivity contribution in [3.8, 4) is 0 Å². The Labute approximate surface area is 121 Å². The molecule has 3 nitrogen and oxygen atoms in total. The van der Waals surface area contributed by atoms with Crippen molar-refractivity contribution in [1.82, 2.24) is 9.80 Å². The highest BCUT2D eigenvalue weighted by Crippen LogP contribution is 2.17. The molecule has 1 atom stereocenters. The zero-order chi connectivity index (χ0) is 14.5. The molecule has 1 unspecified atom stereocenters. The summed E-state index contributed by atoms with van der Waals surface area (Å²) < 4.78 is 0. The predicted octanol–water partition coefficient (Wildman–Crippen LogP) is 3.05. The molecule has 0 N–H and O–H groups in total. The normalized spacial score (nSPS) is 21.3. The monoisotopic (exact) mass is 288 g/mol. The van der Waals surface area contributed by atoms with Gasteiger partial charge in [-0.1, -0.05) is 13.3 Å². The molecular weight excluding hydrogens is 255 g/mol. The molecule has 0 aromatic heterocycles. The lowest BCUT2D eigenvalue weighted by Crippen LogP contribution is -2.24. The summed E-state index contributed by atoms with van der Waals surface area (Å²) in [4.78, 5) is 14.8. The van der Waals surface area contributed by atoms with E-state index in [2.05, 4.69) is 23.9 Å². The van der Waals surface area contributed by atoms with E-state index in [9.17, 15) is 4.79 Å². The third-order valence-electron chi connectivity index (χ3n) is 3.23.